The van der Waals surface area contributed by atoms with Gasteiger partial charge in [0.1, 0.15) is 5.76 Å². The Morgan fingerprint density at radius 2 is 1.85 bits per heavy atom. The Kier molecular flexibility index (Phi) is 5.04. The summed E-state index contributed by atoms with van der Waals surface area (Å²) in [6.07, 6.45) is 2.21. The van der Waals surface area contributed by atoms with Crippen LogP contribution >= 0.6 is 0 Å². The molecule has 2 atom stereocenters. The van der Waals surface area contributed by atoms with Crippen molar-refractivity contribution in [2.75, 3.05) is 26.8 Å². The first-order chi connectivity index (χ1) is 13.1. The van der Waals surface area contributed by atoms with Crippen LogP contribution in [0.4, 0.5) is 0 Å². The normalized spacial score (nSPS) is 22.1. The molecule has 5 heteroatoms. The number of hydrogen-bond acceptors (Lipinski definition) is 5. The predicted octanol–water partition coefficient (Wildman–Crippen LogP) is 4.41. The molecule has 4 rings (SSSR count). The number of ether oxygens (including phenoxy) is 1. The smallest absolute Gasteiger partial charge is 0.141 e. The van der Waals surface area contributed by atoms with Crippen molar-refractivity contribution in [3.05, 3.63) is 41.3 Å². The second kappa shape index (κ2) is 7.47. The van der Waals surface area contributed by atoms with E-state index in [1.807, 2.05) is 13.8 Å². The molecule has 2 aliphatic rings. The van der Waals surface area contributed by atoms with E-state index in [9.17, 15) is 0 Å². The van der Waals surface area contributed by atoms with Gasteiger partial charge in [-0.3, -0.25) is 5.01 Å². The Labute approximate surface area is 161 Å². The van der Waals surface area contributed by atoms with Crippen LogP contribution in [0, 0.1) is 25.7 Å². The molecular formula is C22H29N3O2. The highest BCUT2D eigenvalue weighted by atomic mass is 16.5. The molecule has 0 amide bonds. The summed E-state index contributed by atoms with van der Waals surface area (Å²) in [5.41, 5.74) is 5.99. The van der Waals surface area contributed by atoms with Gasteiger partial charge in [0, 0.05) is 44.0 Å². The van der Waals surface area contributed by atoms with E-state index in [1.165, 1.54) is 16.8 Å². The maximum atomic E-state index is 5.67. The average Bonchev–Trinajstić information content (AvgIpc) is 3.18. The van der Waals surface area contributed by atoms with Crippen LogP contribution in [-0.4, -0.2) is 42.7 Å². The van der Waals surface area contributed by atoms with Gasteiger partial charge in [-0.25, -0.2) is 0 Å². The third-order valence-electron chi connectivity index (χ3n) is 6.16. The highest BCUT2D eigenvalue weighted by Crippen LogP contribution is 2.44. The molecule has 1 unspecified atom stereocenters. The molecule has 2 aromatic rings. The molecule has 3 heterocycles. The van der Waals surface area contributed by atoms with Crippen molar-refractivity contribution in [2.45, 2.75) is 39.5 Å². The van der Waals surface area contributed by atoms with Crippen molar-refractivity contribution in [3.63, 3.8) is 0 Å². The molecule has 27 heavy (non-hydrogen) atoms. The van der Waals surface area contributed by atoms with Crippen LogP contribution in [0.3, 0.4) is 0 Å². The molecule has 0 bridgehead atoms. The Morgan fingerprint density at radius 3 is 2.48 bits per heavy atom. The highest BCUT2D eigenvalue weighted by Gasteiger charge is 2.38. The van der Waals surface area contributed by atoms with Gasteiger partial charge in [-0.1, -0.05) is 29.4 Å². The van der Waals surface area contributed by atoms with Crippen LogP contribution in [-0.2, 0) is 4.74 Å². The lowest BCUT2D eigenvalue weighted by Gasteiger charge is -2.36. The summed E-state index contributed by atoms with van der Waals surface area (Å²) in [6.45, 7) is 8.90. The number of rotatable bonds is 4. The maximum Gasteiger partial charge on any atom is 0.141 e. The zero-order chi connectivity index (χ0) is 19.0. The lowest BCUT2D eigenvalue weighted by atomic mass is 9.70. The number of aromatic nitrogens is 1. The quantitative estimate of drug-likeness (QED) is 0.803. The zero-order valence-corrected chi connectivity index (χ0v) is 16.7. The fourth-order valence-electron chi connectivity index (χ4n) is 4.93. The molecule has 1 saturated heterocycles. The summed E-state index contributed by atoms with van der Waals surface area (Å²) in [6, 6.07) is 8.80. The second-order valence-corrected chi connectivity index (χ2v) is 7.95. The fourth-order valence-corrected chi connectivity index (χ4v) is 4.93. The highest BCUT2D eigenvalue weighted by molar-refractivity contribution is 5.87. The molecule has 0 radical (unpaired) electrons. The summed E-state index contributed by atoms with van der Waals surface area (Å²) >= 11 is 0. The first kappa shape index (κ1) is 18.2. The van der Waals surface area contributed by atoms with Crippen LogP contribution in [0.15, 0.2) is 33.9 Å². The van der Waals surface area contributed by atoms with Crippen LogP contribution < -0.4 is 0 Å². The van der Waals surface area contributed by atoms with Gasteiger partial charge in [-0.15, -0.1) is 0 Å². The minimum atomic E-state index is 0.424. The fraction of sp³-hybridized carbons (Fsp3) is 0.545. The van der Waals surface area contributed by atoms with Gasteiger partial charge in [0.05, 0.1) is 5.69 Å². The predicted molar refractivity (Wildman–Crippen MR) is 107 cm³/mol. The Morgan fingerprint density at radius 1 is 1.11 bits per heavy atom. The molecule has 144 valence electrons. The Balaban J connectivity index is 1.83. The molecule has 0 saturated carbocycles. The number of nitrogens with zero attached hydrogens (tertiary/aromatic N) is 3. The molecule has 1 aromatic heterocycles. The first-order valence-corrected chi connectivity index (χ1v) is 9.92. The summed E-state index contributed by atoms with van der Waals surface area (Å²) in [7, 11) is 2.07. The molecule has 0 spiro atoms. The van der Waals surface area contributed by atoms with E-state index in [0.29, 0.717) is 17.8 Å². The van der Waals surface area contributed by atoms with Gasteiger partial charge in [0.2, 0.25) is 0 Å². The first-order valence-electron chi connectivity index (χ1n) is 9.92. The Hall–Kier alpha value is -2.14. The molecule has 0 N–H and O–H groups in total. The van der Waals surface area contributed by atoms with Crippen molar-refractivity contribution in [1.82, 2.24) is 10.2 Å². The van der Waals surface area contributed by atoms with Crippen molar-refractivity contribution in [3.8, 4) is 11.1 Å². The van der Waals surface area contributed by atoms with E-state index in [-0.39, 0.29) is 0 Å². The number of aryl methyl sites for hydroxylation is 2. The lowest BCUT2D eigenvalue weighted by Crippen LogP contribution is -2.32. The van der Waals surface area contributed by atoms with Crippen LogP contribution in [0.2, 0.25) is 0 Å². The maximum absolute atomic E-state index is 5.67. The van der Waals surface area contributed by atoms with Crippen molar-refractivity contribution < 1.29 is 9.26 Å². The number of hydrogen-bond donors (Lipinski definition) is 0. The summed E-state index contributed by atoms with van der Waals surface area (Å²) in [4.78, 5) is 0. The monoisotopic (exact) mass is 367 g/mol. The zero-order valence-electron chi connectivity index (χ0n) is 16.7. The standard InChI is InChI=1S/C22H29N3O2/c1-14-20(13-25(4)23-14)22(17-9-11-26-12-10-17)19-8-6-5-7-18(19)21-15(2)24-27-16(21)3/h5-8,17,20,22H,9-13H2,1-4H3/t20-,22?/m0/s1. The van der Waals surface area contributed by atoms with E-state index >= 15 is 0 Å². The minimum absolute atomic E-state index is 0.424. The third-order valence-corrected chi connectivity index (χ3v) is 6.16. The van der Waals surface area contributed by atoms with E-state index in [0.717, 1.165) is 49.6 Å². The van der Waals surface area contributed by atoms with Crippen LogP contribution in [0.5, 0.6) is 0 Å². The largest absolute Gasteiger partial charge is 0.381 e. The van der Waals surface area contributed by atoms with Crippen molar-refractivity contribution >= 4 is 5.71 Å². The van der Waals surface area contributed by atoms with E-state index < -0.39 is 0 Å². The van der Waals surface area contributed by atoms with Crippen LogP contribution in [0.1, 0.15) is 42.7 Å². The number of benzene rings is 1. The molecule has 1 fully saturated rings. The van der Waals surface area contributed by atoms with Gasteiger partial charge < -0.3 is 9.26 Å². The van der Waals surface area contributed by atoms with Gasteiger partial charge in [0.15, 0.2) is 0 Å². The lowest BCUT2D eigenvalue weighted by molar-refractivity contribution is 0.0532. The van der Waals surface area contributed by atoms with Crippen molar-refractivity contribution in [2.24, 2.45) is 16.9 Å². The van der Waals surface area contributed by atoms with Crippen molar-refractivity contribution in [1.29, 1.82) is 0 Å². The molecule has 5 nitrogen and oxygen atoms in total. The molecule has 0 aliphatic carbocycles. The van der Waals surface area contributed by atoms with Gasteiger partial charge >= 0.3 is 0 Å². The topological polar surface area (TPSA) is 50.9 Å². The van der Waals surface area contributed by atoms with E-state index in [1.54, 1.807) is 0 Å². The van der Waals surface area contributed by atoms with Gasteiger partial charge in [-0.2, -0.15) is 5.10 Å². The third kappa shape index (κ3) is 3.41. The number of hydrazone groups is 1. The SMILES string of the molecule is CC1=NN(C)C[C@@H]1C(c1ccccc1-c1c(C)noc1C)C1CCOCC1. The summed E-state index contributed by atoms with van der Waals surface area (Å²) < 4.78 is 11.2. The van der Waals surface area contributed by atoms with E-state index in [4.69, 9.17) is 14.4 Å². The minimum Gasteiger partial charge on any atom is -0.381 e. The summed E-state index contributed by atoms with van der Waals surface area (Å²) in [5.74, 6) is 2.34. The Bertz CT molecular complexity index is 816. The molecule has 2 aliphatic heterocycles. The molecule has 1 aromatic carbocycles. The molecular weight excluding hydrogens is 338 g/mol. The van der Waals surface area contributed by atoms with Gasteiger partial charge in [0.25, 0.3) is 0 Å². The van der Waals surface area contributed by atoms with Gasteiger partial charge in [-0.05, 0) is 56.6 Å². The second-order valence-electron chi connectivity index (χ2n) is 7.95. The summed E-state index contributed by atoms with van der Waals surface area (Å²) in [5, 5.41) is 11.0. The van der Waals surface area contributed by atoms with Crippen LogP contribution in [0.25, 0.3) is 11.1 Å². The van der Waals surface area contributed by atoms with E-state index in [2.05, 4.69) is 48.4 Å². The average molecular weight is 367 g/mol.